The van der Waals surface area contributed by atoms with Crippen LogP contribution in [0, 0.1) is 0 Å². The van der Waals surface area contributed by atoms with Gasteiger partial charge in [0.1, 0.15) is 0 Å². The van der Waals surface area contributed by atoms with Gasteiger partial charge in [0.25, 0.3) is 13.4 Å². The minimum atomic E-state index is 0.0585. The first-order valence-electron chi connectivity index (χ1n) is 20.2. The van der Waals surface area contributed by atoms with E-state index in [1.54, 1.807) is 0 Å². The van der Waals surface area contributed by atoms with Crippen LogP contribution in [0.1, 0.15) is 0 Å². The summed E-state index contributed by atoms with van der Waals surface area (Å²) in [6.45, 7) is 0.143. The Kier molecular flexibility index (Phi) is 6.59. The number of nitrogens with zero attached hydrogens (tertiary/aromatic N) is 3. The Balaban J connectivity index is 1.05. The van der Waals surface area contributed by atoms with Gasteiger partial charge >= 0.3 is 0 Å². The van der Waals surface area contributed by atoms with Gasteiger partial charge in [-0.25, -0.2) is 0 Å². The van der Waals surface area contributed by atoms with Crippen molar-refractivity contribution in [1.82, 2.24) is 0 Å². The van der Waals surface area contributed by atoms with Crippen molar-refractivity contribution < 1.29 is 0 Å². The van der Waals surface area contributed by atoms with E-state index in [0.717, 1.165) is 11.4 Å². The molecule has 4 nitrogen and oxygen atoms in total. The maximum absolute atomic E-state index is 3.95. The lowest BCUT2D eigenvalue weighted by Crippen LogP contribution is -2.61. The van der Waals surface area contributed by atoms with Crippen LogP contribution in [-0.4, -0.2) is 13.4 Å². The summed E-state index contributed by atoms with van der Waals surface area (Å²) in [7, 11) is 0. The summed E-state index contributed by atoms with van der Waals surface area (Å²) in [6.07, 6.45) is 0. The van der Waals surface area contributed by atoms with Gasteiger partial charge in [-0.1, -0.05) is 115 Å². The second kappa shape index (κ2) is 12.0. The lowest BCUT2D eigenvalue weighted by Gasteiger charge is -2.44. The molecular formula is C52H34B2N4. The molecule has 58 heavy (non-hydrogen) atoms. The van der Waals surface area contributed by atoms with Gasteiger partial charge in [-0.3, -0.25) is 0 Å². The molecule has 0 spiro atoms. The Morgan fingerprint density at radius 2 is 0.724 bits per heavy atom. The van der Waals surface area contributed by atoms with Gasteiger partial charge < -0.3 is 20.0 Å². The van der Waals surface area contributed by atoms with Crippen molar-refractivity contribution >= 4 is 120 Å². The fraction of sp³-hybridized carbons (Fsp3) is 0. The average Bonchev–Trinajstić information content (AvgIpc) is 3.28. The fourth-order valence-corrected chi connectivity index (χ4v) is 10.5. The Bertz CT molecular complexity index is 3130. The van der Waals surface area contributed by atoms with Crippen LogP contribution < -0.4 is 52.8 Å². The molecule has 268 valence electrons. The molecule has 0 aliphatic carbocycles. The molecule has 4 aliphatic heterocycles. The van der Waals surface area contributed by atoms with Crippen LogP contribution in [0.3, 0.4) is 0 Å². The van der Waals surface area contributed by atoms with Gasteiger partial charge in [-0.05, 0) is 128 Å². The SMILES string of the molecule is c1ccc(N2c3ccccc3B3c4cc5cc6c(cc5cc4Nc4cccc2c43)B2c3ccccc3N(c3ccccc3)c3cccc(c32)N6c2ccccc2)cc1. The molecule has 0 saturated heterocycles. The minimum Gasteiger partial charge on any atom is -0.356 e. The van der Waals surface area contributed by atoms with Crippen molar-refractivity contribution in [2.24, 2.45) is 0 Å². The van der Waals surface area contributed by atoms with Crippen molar-refractivity contribution in [2.45, 2.75) is 0 Å². The number of nitrogens with one attached hydrogen (secondary N) is 1. The number of hydrogen-bond acceptors (Lipinski definition) is 4. The molecule has 9 aromatic carbocycles. The first-order chi connectivity index (χ1) is 28.8. The van der Waals surface area contributed by atoms with E-state index in [9.17, 15) is 0 Å². The summed E-state index contributed by atoms with van der Waals surface area (Å²) in [6, 6.07) is 73.8. The smallest absolute Gasteiger partial charge is 0.252 e. The van der Waals surface area contributed by atoms with E-state index in [-0.39, 0.29) is 13.4 Å². The van der Waals surface area contributed by atoms with E-state index in [1.807, 2.05) is 0 Å². The summed E-state index contributed by atoms with van der Waals surface area (Å²) in [5.41, 5.74) is 21.1. The highest BCUT2D eigenvalue weighted by atomic mass is 15.2. The zero-order valence-corrected chi connectivity index (χ0v) is 31.5. The lowest BCUT2D eigenvalue weighted by molar-refractivity contribution is 1.26. The molecule has 0 aromatic heterocycles. The molecule has 0 fully saturated rings. The van der Waals surface area contributed by atoms with Gasteiger partial charge in [0.15, 0.2) is 0 Å². The standard InChI is InChI=1S/C52H34B2N4/c1-4-16-36(17-5-1)56-45-25-12-10-22-39(45)53-41-30-35-33-50-42(31-34(35)32-44(41)55-43-24-14-27-47(56)51(43)53)54-40-23-11-13-26-46(40)57(37-18-6-2-7-19-37)48-28-15-29-49(52(48)54)58(50)38-20-8-3-9-21-38/h1-33,55H. The molecule has 0 amide bonds. The molecule has 0 atom stereocenters. The quantitative estimate of drug-likeness (QED) is 0.183. The zero-order valence-electron chi connectivity index (χ0n) is 31.5. The normalized spacial score (nSPS) is 13.8. The van der Waals surface area contributed by atoms with Crippen LogP contribution in [0.2, 0.25) is 0 Å². The van der Waals surface area contributed by atoms with Crippen molar-refractivity contribution in [2.75, 3.05) is 20.0 Å². The minimum absolute atomic E-state index is 0.0585. The molecule has 0 radical (unpaired) electrons. The molecule has 0 unspecified atom stereocenters. The van der Waals surface area contributed by atoms with Gasteiger partial charge in [-0.2, -0.15) is 0 Å². The van der Waals surface area contributed by atoms with Crippen LogP contribution in [0.25, 0.3) is 10.8 Å². The molecule has 6 heteroatoms. The van der Waals surface area contributed by atoms with Crippen LogP contribution >= 0.6 is 0 Å². The summed E-state index contributed by atoms with van der Waals surface area (Å²) in [4.78, 5) is 7.38. The van der Waals surface area contributed by atoms with E-state index < -0.39 is 0 Å². The third kappa shape index (κ3) is 4.37. The molecular weight excluding hydrogens is 702 g/mol. The molecule has 13 rings (SSSR count). The summed E-state index contributed by atoms with van der Waals surface area (Å²) >= 11 is 0. The third-order valence-electron chi connectivity index (χ3n) is 12.8. The second-order valence-corrected chi connectivity index (χ2v) is 15.8. The summed E-state index contributed by atoms with van der Waals surface area (Å²) in [5.74, 6) is 0. The predicted octanol–water partition coefficient (Wildman–Crippen LogP) is 9.28. The monoisotopic (exact) mass is 736 g/mol. The van der Waals surface area contributed by atoms with Crippen LogP contribution in [0.15, 0.2) is 200 Å². The number of para-hydroxylation sites is 5. The fourth-order valence-electron chi connectivity index (χ4n) is 10.5. The van der Waals surface area contributed by atoms with Crippen LogP contribution in [0.4, 0.5) is 62.6 Å². The van der Waals surface area contributed by atoms with Crippen molar-refractivity contribution in [1.29, 1.82) is 0 Å². The van der Waals surface area contributed by atoms with Gasteiger partial charge in [0, 0.05) is 62.6 Å². The second-order valence-electron chi connectivity index (χ2n) is 15.8. The van der Waals surface area contributed by atoms with Crippen molar-refractivity contribution in [3.05, 3.63) is 200 Å². The molecule has 0 bridgehead atoms. The Morgan fingerprint density at radius 3 is 1.31 bits per heavy atom. The van der Waals surface area contributed by atoms with E-state index in [1.165, 1.54) is 94.7 Å². The Morgan fingerprint density at radius 1 is 0.293 bits per heavy atom. The maximum Gasteiger partial charge on any atom is 0.252 e. The van der Waals surface area contributed by atoms with E-state index in [2.05, 4.69) is 220 Å². The molecule has 4 aliphatic rings. The lowest BCUT2D eigenvalue weighted by atomic mass is 9.33. The van der Waals surface area contributed by atoms with Crippen molar-refractivity contribution in [3.63, 3.8) is 0 Å². The Labute approximate surface area is 338 Å². The summed E-state index contributed by atoms with van der Waals surface area (Å²) < 4.78 is 0. The maximum atomic E-state index is 3.95. The highest BCUT2D eigenvalue weighted by molar-refractivity contribution is 7.01. The van der Waals surface area contributed by atoms with E-state index >= 15 is 0 Å². The average molecular weight is 736 g/mol. The number of hydrogen-bond donors (Lipinski definition) is 1. The van der Waals surface area contributed by atoms with E-state index in [4.69, 9.17) is 0 Å². The van der Waals surface area contributed by atoms with Gasteiger partial charge in [0.05, 0.1) is 0 Å². The first-order valence-corrected chi connectivity index (χ1v) is 20.2. The molecule has 4 heterocycles. The van der Waals surface area contributed by atoms with Gasteiger partial charge in [-0.15, -0.1) is 0 Å². The number of anilines is 11. The zero-order chi connectivity index (χ0) is 37.9. The highest BCUT2D eigenvalue weighted by Gasteiger charge is 2.44. The van der Waals surface area contributed by atoms with Crippen LogP contribution in [0.5, 0.6) is 0 Å². The molecule has 1 N–H and O–H groups in total. The predicted molar refractivity (Wildman–Crippen MR) is 247 cm³/mol. The van der Waals surface area contributed by atoms with Gasteiger partial charge in [0.2, 0.25) is 0 Å². The third-order valence-corrected chi connectivity index (χ3v) is 12.8. The molecule has 0 saturated carbocycles. The Hall–Kier alpha value is -7.43. The summed E-state index contributed by atoms with van der Waals surface area (Å²) in [5, 5.41) is 6.41. The number of benzene rings is 9. The topological polar surface area (TPSA) is 21.8 Å². The van der Waals surface area contributed by atoms with E-state index in [0.29, 0.717) is 0 Å². The number of fused-ring (bicyclic) bond motifs is 9. The van der Waals surface area contributed by atoms with Crippen molar-refractivity contribution in [3.8, 4) is 0 Å². The van der Waals surface area contributed by atoms with Crippen LogP contribution in [-0.2, 0) is 0 Å². The first kappa shape index (κ1) is 31.7. The highest BCUT2D eigenvalue weighted by Crippen LogP contribution is 2.45. The largest absolute Gasteiger partial charge is 0.356 e. The number of rotatable bonds is 3. The molecule has 9 aromatic rings.